The van der Waals surface area contributed by atoms with E-state index in [9.17, 15) is 18.0 Å². The van der Waals surface area contributed by atoms with Crippen LogP contribution in [0.2, 0.25) is 0 Å². The predicted octanol–water partition coefficient (Wildman–Crippen LogP) is 7.66. The molecule has 252 valence electrons. The summed E-state index contributed by atoms with van der Waals surface area (Å²) in [5.74, 6) is -0.696. The molecule has 0 aromatic heterocycles. The van der Waals surface area contributed by atoms with E-state index >= 15 is 0 Å². The summed E-state index contributed by atoms with van der Waals surface area (Å²) in [5, 5.41) is 3.26. The maximum Gasteiger partial charge on any atom is 0.264 e. The smallest absolute Gasteiger partial charge is 0.264 e. The van der Waals surface area contributed by atoms with Crippen molar-refractivity contribution in [2.75, 3.05) is 10.8 Å². The van der Waals surface area contributed by atoms with Crippen molar-refractivity contribution in [1.29, 1.82) is 0 Å². The first-order valence-corrected chi connectivity index (χ1v) is 18.8. The Balaban J connectivity index is 1.58. The lowest BCUT2D eigenvalue weighted by molar-refractivity contribution is -0.140. The number of aryl methyl sites for hydroxylation is 3. The van der Waals surface area contributed by atoms with E-state index in [0.29, 0.717) is 5.69 Å². The summed E-state index contributed by atoms with van der Waals surface area (Å²) in [6, 6.07) is 28.6. The van der Waals surface area contributed by atoms with Crippen LogP contribution in [-0.2, 0) is 32.6 Å². The van der Waals surface area contributed by atoms with Crippen molar-refractivity contribution in [3.8, 4) is 0 Å². The van der Waals surface area contributed by atoms with Crippen LogP contribution in [0.15, 0.2) is 106 Å². The zero-order chi connectivity index (χ0) is 34.3. The SMILES string of the molecule is Cc1ccc(S(=O)(=O)N(CC(=O)N(Cc2cccc(Br)c2)[C@H](Cc2ccccc2)C(=O)NC2CCCCC2)c2cc(C)cc(C)c2)cc1. The number of hydrogen-bond acceptors (Lipinski definition) is 4. The standard InChI is InChI=1S/C39H44BrN3O4S/c1-28-17-19-36(20-18-28)48(46,47)43(35-22-29(2)21-30(3)23-35)27-38(44)42(26-32-13-10-14-33(40)24-32)37(25-31-11-6-4-7-12-31)39(45)41-34-15-8-5-9-16-34/h4,6-7,10-14,17-24,34,37H,5,8-9,15-16,25-27H2,1-3H3,(H,41,45)/t37-/m1/s1. The van der Waals surface area contributed by atoms with E-state index in [2.05, 4.69) is 21.2 Å². The Labute approximate surface area is 293 Å². The van der Waals surface area contributed by atoms with Crippen LogP contribution in [-0.4, -0.2) is 43.8 Å². The van der Waals surface area contributed by atoms with Gasteiger partial charge in [-0.05, 0) is 92.3 Å². The fraction of sp³-hybridized carbons (Fsp3) is 0.333. The van der Waals surface area contributed by atoms with Crippen molar-refractivity contribution in [2.24, 2.45) is 0 Å². The molecule has 0 heterocycles. The molecule has 0 saturated heterocycles. The van der Waals surface area contributed by atoms with Crippen LogP contribution in [0.1, 0.15) is 59.9 Å². The Morgan fingerprint density at radius 1 is 0.792 bits per heavy atom. The van der Waals surface area contributed by atoms with Crippen LogP contribution in [0.25, 0.3) is 0 Å². The minimum absolute atomic E-state index is 0.0426. The molecule has 0 unspecified atom stereocenters. The maximum absolute atomic E-state index is 14.8. The normalized spacial score (nSPS) is 14.2. The van der Waals surface area contributed by atoms with E-state index in [0.717, 1.165) is 64.4 Å². The quantitative estimate of drug-likeness (QED) is 0.162. The second kappa shape index (κ2) is 16.0. The lowest BCUT2D eigenvalue weighted by Crippen LogP contribution is -2.55. The number of halogens is 1. The third-order valence-corrected chi connectivity index (χ3v) is 11.1. The number of anilines is 1. The lowest BCUT2D eigenvalue weighted by Gasteiger charge is -2.35. The Bertz CT molecular complexity index is 1800. The van der Waals surface area contributed by atoms with Crippen molar-refractivity contribution in [1.82, 2.24) is 10.2 Å². The van der Waals surface area contributed by atoms with Gasteiger partial charge in [-0.25, -0.2) is 8.42 Å². The van der Waals surface area contributed by atoms with Crippen LogP contribution in [0.5, 0.6) is 0 Å². The highest BCUT2D eigenvalue weighted by Crippen LogP contribution is 2.28. The predicted molar refractivity (Wildman–Crippen MR) is 195 cm³/mol. The average Bonchev–Trinajstić information content (AvgIpc) is 3.05. The molecule has 1 saturated carbocycles. The number of carbonyl (C=O) groups is 2. The van der Waals surface area contributed by atoms with Crippen molar-refractivity contribution in [3.05, 3.63) is 129 Å². The molecule has 1 atom stereocenters. The topological polar surface area (TPSA) is 86.8 Å². The number of benzene rings is 4. The van der Waals surface area contributed by atoms with E-state index in [-0.39, 0.29) is 29.8 Å². The number of nitrogens with zero attached hydrogens (tertiary/aromatic N) is 2. The van der Waals surface area contributed by atoms with Crippen LogP contribution in [0.3, 0.4) is 0 Å². The van der Waals surface area contributed by atoms with E-state index in [1.807, 2.05) is 81.4 Å². The van der Waals surface area contributed by atoms with Crippen molar-refractivity contribution >= 4 is 43.5 Å². The van der Waals surface area contributed by atoms with Crippen molar-refractivity contribution < 1.29 is 18.0 Å². The van der Waals surface area contributed by atoms with Gasteiger partial charge in [0.1, 0.15) is 12.6 Å². The van der Waals surface area contributed by atoms with Gasteiger partial charge < -0.3 is 10.2 Å². The van der Waals surface area contributed by atoms with Crippen LogP contribution >= 0.6 is 15.9 Å². The van der Waals surface area contributed by atoms with Gasteiger partial charge in [0, 0.05) is 23.5 Å². The minimum Gasteiger partial charge on any atom is -0.352 e. The molecule has 4 aromatic rings. The van der Waals surface area contributed by atoms with Gasteiger partial charge in [-0.2, -0.15) is 0 Å². The van der Waals surface area contributed by atoms with Crippen molar-refractivity contribution in [2.45, 2.75) is 82.8 Å². The number of hydrogen-bond donors (Lipinski definition) is 1. The van der Waals surface area contributed by atoms with Crippen LogP contribution < -0.4 is 9.62 Å². The number of rotatable bonds is 12. The van der Waals surface area contributed by atoms with E-state index < -0.39 is 28.5 Å². The molecule has 1 N–H and O–H groups in total. The molecule has 48 heavy (non-hydrogen) atoms. The first kappa shape index (κ1) is 35.4. The van der Waals surface area contributed by atoms with Crippen molar-refractivity contribution in [3.63, 3.8) is 0 Å². The van der Waals surface area contributed by atoms with Gasteiger partial charge in [-0.1, -0.05) is 101 Å². The molecule has 1 fully saturated rings. The molecule has 2 amide bonds. The Hall–Kier alpha value is -3.95. The summed E-state index contributed by atoms with van der Waals surface area (Å²) >= 11 is 3.55. The van der Waals surface area contributed by atoms with Gasteiger partial charge in [0.15, 0.2) is 0 Å². The fourth-order valence-electron chi connectivity index (χ4n) is 6.39. The van der Waals surface area contributed by atoms with Crippen LogP contribution in [0.4, 0.5) is 5.69 Å². The fourth-order valence-corrected chi connectivity index (χ4v) is 8.24. The summed E-state index contributed by atoms with van der Waals surface area (Å²) in [5.41, 5.74) is 4.81. The van der Waals surface area contributed by atoms with E-state index in [4.69, 9.17) is 0 Å². The minimum atomic E-state index is -4.16. The summed E-state index contributed by atoms with van der Waals surface area (Å²) in [6.07, 6.45) is 5.34. The van der Waals surface area contributed by atoms with Crippen LogP contribution in [0, 0.1) is 20.8 Å². The summed E-state index contributed by atoms with van der Waals surface area (Å²) < 4.78 is 30.7. The molecule has 9 heteroatoms. The van der Waals surface area contributed by atoms with Gasteiger partial charge in [-0.3, -0.25) is 13.9 Å². The first-order valence-electron chi connectivity index (χ1n) is 16.6. The van der Waals surface area contributed by atoms with Gasteiger partial charge in [0.2, 0.25) is 11.8 Å². The van der Waals surface area contributed by atoms with Gasteiger partial charge in [-0.15, -0.1) is 0 Å². The third kappa shape index (κ3) is 9.14. The molecule has 5 rings (SSSR count). The first-order chi connectivity index (χ1) is 23.0. The van der Waals surface area contributed by atoms with Gasteiger partial charge >= 0.3 is 0 Å². The number of carbonyl (C=O) groups excluding carboxylic acids is 2. The Morgan fingerprint density at radius 3 is 2.08 bits per heavy atom. The molecule has 7 nitrogen and oxygen atoms in total. The molecular weight excluding hydrogens is 686 g/mol. The number of nitrogens with one attached hydrogen (secondary N) is 1. The zero-order valence-corrected chi connectivity index (χ0v) is 30.3. The molecule has 0 bridgehead atoms. The Kier molecular flexibility index (Phi) is 11.8. The molecule has 0 radical (unpaired) electrons. The van der Waals surface area contributed by atoms with Gasteiger partial charge in [0.05, 0.1) is 10.6 Å². The molecule has 1 aliphatic rings. The van der Waals surface area contributed by atoms with E-state index in [1.54, 1.807) is 41.3 Å². The molecular formula is C39H44BrN3O4S. The average molecular weight is 731 g/mol. The second-order valence-corrected chi connectivity index (χ2v) is 15.6. The summed E-state index contributed by atoms with van der Waals surface area (Å²) in [6.45, 7) is 5.35. The highest BCUT2D eigenvalue weighted by atomic mass is 79.9. The summed E-state index contributed by atoms with van der Waals surface area (Å²) in [4.78, 5) is 30.7. The highest BCUT2D eigenvalue weighted by molar-refractivity contribution is 9.10. The molecule has 0 aliphatic heterocycles. The molecule has 0 spiro atoms. The molecule has 1 aliphatic carbocycles. The van der Waals surface area contributed by atoms with Gasteiger partial charge in [0.25, 0.3) is 10.0 Å². The maximum atomic E-state index is 14.8. The third-order valence-electron chi connectivity index (χ3n) is 8.85. The van der Waals surface area contributed by atoms with E-state index in [1.165, 1.54) is 4.31 Å². The lowest BCUT2D eigenvalue weighted by atomic mass is 9.94. The number of amides is 2. The summed E-state index contributed by atoms with van der Waals surface area (Å²) in [7, 11) is -4.16. The highest BCUT2D eigenvalue weighted by Gasteiger charge is 2.35. The Morgan fingerprint density at radius 2 is 1.44 bits per heavy atom. The zero-order valence-electron chi connectivity index (χ0n) is 27.9. The monoisotopic (exact) mass is 729 g/mol. The largest absolute Gasteiger partial charge is 0.352 e. The second-order valence-electron chi connectivity index (χ2n) is 12.9. The number of sulfonamides is 1. The molecule has 4 aromatic carbocycles.